The van der Waals surface area contributed by atoms with E-state index < -0.39 is 0 Å². The van der Waals surface area contributed by atoms with Crippen molar-refractivity contribution in [3.8, 4) is 5.88 Å². The lowest BCUT2D eigenvalue weighted by Gasteiger charge is -2.12. The van der Waals surface area contributed by atoms with E-state index in [-0.39, 0.29) is 5.91 Å². The van der Waals surface area contributed by atoms with Gasteiger partial charge in [-0.25, -0.2) is 4.98 Å². The van der Waals surface area contributed by atoms with Gasteiger partial charge in [0, 0.05) is 36.0 Å². The predicted octanol–water partition coefficient (Wildman–Crippen LogP) is 3.61. The van der Waals surface area contributed by atoms with Gasteiger partial charge in [0.15, 0.2) is 0 Å². The summed E-state index contributed by atoms with van der Waals surface area (Å²) in [6.07, 6.45) is 4.36. The number of hydrogen-bond donors (Lipinski definition) is 1. The Morgan fingerprint density at radius 1 is 1.26 bits per heavy atom. The highest BCUT2D eigenvalue weighted by Gasteiger charge is 2.17. The molecule has 6 heteroatoms. The first kappa shape index (κ1) is 17.4. The molecule has 1 aliphatic rings. The maximum atomic E-state index is 12.5. The number of fused-ring (bicyclic) bond motifs is 1. The molecule has 6 nitrogen and oxygen atoms in total. The summed E-state index contributed by atoms with van der Waals surface area (Å²) in [5.74, 6) is 0.805. The van der Waals surface area contributed by atoms with E-state index in [2.05, 4.69) is 15.3 Å². The SMILES string of the molecule is Cc1cccnc1C(=O)Nc1ccc2c(OCC3CCOC3)nccc2c1. The van der Waals surface area contributed by atoms with Crippen molar-refractivity contribution < 1.29 is 14.3 Å². The zero-order valence-corrected chi connectivity index (χ0v) is 15.1. The minimum absolute atomic E-state index is 0.223. The van der Waals surface area contributed by atoms with E-state index in [1.54, 1.807) is 12.4 Å². The molecule has 0 saturated carbocycles. The number of amides is 1. The lowest BCUT2D eigenvalue weighted by atomic mass is 10.1. The summed E-state index contributed by atoms with van der Waals surface area (Å²) in [6, 6.07) is 11.3. The largest absolute Gasteiger partial charge is 0.477 e. The van der Waals surface area contributed by atoms with E-state index in [0.29, 0.717) is 29.8 Å². The molecule has 27 heavy (non-hydrogen) atoms. The number of aryl methyl sites for hydroxylation is 1. The first-order chi connectivity index (χ1) is 13.2. The fourth-order valence-electron chi connectivity index (χ4n) is 3.17. The van der Waals surface area contributed by atoms with Gasteiger partial charge in [0.25, 0.3) is 5.91 Å². The van der Waals surface area contributed by atoms with E-state index >= 15 is 0 Å². The Kier molecular flexibility index (Phi) is 4.98. The van der Waals surface area contributed by atoms with Crippen LogP contribution >= 0.6 is 0 Å². The first-order valence-corrected chi connectivity index (χ1v) is 9.03. The second kappa shape index (κ2) is 7.72. The molecule has 1 atom stereocenters. The molecule has 0 spiro atoms. The third-order valence-electron chi connectivity index (χ3n) is 4.69. The molecular weight excluding hydrogens is 342 g/mol. The van der Waals surface area contributed by atoms with Crippen LogP contribution in [0.4, 0.5) is 5.69 Å². The molecule has 1 amide bonds. The zero-order chi connectivity index (χ0) is 18.6. The Morgan fingerprint density at radius 2 is 2.19 bits per heavy atom. The summed E-state index contributed by atoms with van der Waals surface area (Å²) in [6.45, 7) is 4.01. The van der Waals surface area contributed by atoms with Crippen LogP contribution in [0.3, 0.4) is 0 Å². The Hall–Kier alpha value is -2.99. The minimum atomic E-state index is -0.223. The number of carbonyl (C=O) groups is 1. The average molecular weight is 363 g/mol. The number of anilines is 1. The summed E-state index contributed by atoms with van der Waals surface area (Å²) in [5.41, 5.74) is 1.97. The van der Waals surface area contributed by atoms with Gasteiger partial charge >= 0.3 is 0 Å². The second-order valence-corrected chi connectivity index (χ2v) is 6.72. The van der Waals surface area contributed by atoms with Crippen LogP contribution in [0.1, 0.15) is 22.5 Å². The minimum Gasteiger partial charge on any atom is -0.477 e. The lowest BCUT2D eigenvalue weighted by molar-refractivity contribution is 0.102. The monoisotopic (exact) mass is 363 g/mol. The summed E-state index contributed by atoms with van der Waals surface area (Å²) in [7, 11) is 0. The van der Waals surface area contributed by atoms with Gasteiger partial charge in [-0.3, -0.25) is 9.78 Å². The normalized spacial score (nSPS) is 16.4. The number of nitrogens with zero attached hydrogens (tertiary/aromatic N) is 2. The molecule has 1 unspecified atom stereocenters. The Bertz CT molecular complexity index is 968. The predicted molar refractivity (Wildman–Crippen MR) is 103 cm³/mol. The lowest BCUT2D eigenvalue weighted by Crippen LogP contribution is -2.15. The van der Waals surface area contributed by atoms with Gasteiger partial charge in [-0.15, -0.1) is 0 Å². The summed E-state index contributed by atoms with van der Waals surface area (Å²) < 4.78 is 11.3. The number of carbonyl (C=O) groups excluding carboxylic acids is 1. The fraction of sp³-hybridized carbons (Fsp3) is 0.286. The first-order valence-electron chi connectivity index (χ1n) is 9.03. The van der Waals surface area contributed by atoms with Crippen LogP contribution in [0.5, 0.6) is 5.88 Å². The number of benzene rings is 1. The van der Waals surface area contributed by atoms with Crippen molar-refractivity contribution in [1.29, 1.82) is 0 Å². The van der Waals surface area contributed by atoms with Gasteiger partial charge in [0.05, 0.1) is 13.2 Å². The topological polar surface area (TPSA) is 73.3 Å². The van der Waals surface area contributed by atoms with Crippen molar-refractivity contribution in [2.75, 3.05) is 25.1 Å². The standard InChI is InChI=1S/C21H21N3O3/c1-14-3-2-8-22-19(14)20(25)24-17-4-5-18-16(11-17)6-9-23-21(18)27-13-15-7-10-26-12-15/h2-6,8-9,11,15H,7,10,12-13H2,1H3,(H,24,25). The molecule has 3 aromatic rings. The van der Waals surface area contributed by atoms with Crippen molar-refractivity contribution in [3.05, 3.63) is 60.0 Å². The molecule has 1 fully saturated rings. The van der Waals surface area contributed by atoms with E-state index in [4.69, 9.17) is 9.47 Å². The Labute approximate surface area is 157 Å². The number of ether oxygens (including phenoxy) is 2. The number of pyridine rings is 2. The van der Waals surface area contributed by atoms with Gasteiger partial charge in [-0.2, -0.15) is 0 Å². The van der Waals surface area contributed by atoms with Gasteiger partial charge < -0.3 is 14.8 Å². The van der Waals surface area contributed by atoms with E-state index in [1.807, 2.05) is 43.3 Å². The Balaban J connectivity index is 1.52. The van der Waals surface area contributed by atoms with Gasteiger partial charge in [0.2, 0.25) is 5.88 Å². The maximum Gasteiger partial charge on any atom is 0.274 e. The molecule has 1 N–H and O–H groups in total. The van der Waals surface area contributed by atoms with Crippen molar-refractivity contribution >= 4 is 22.4 Å². The highest BCUT2D eigenvalue weighted by atomic mass is 16.5. The molecule has 0 radical (unpaired) electrons. The number of hydrogen-bond acceptors (Lipinski definition) is 5. The smallest absolute Gasteiger partial charge is 0.274 e. The van der Waals surface area contributed by atoms with Crippen LogP contribution < -0.4 is 10.1 Å². The Morgan fingerprint density at radius 3 is 3.00 bits per heavy atom. The summed E-state index contributed by atoms with van der Waals surface area (Å²) in [5, 5.41) is 4.78. The highest BCUT2D eigenvalue weighted by Crippen LogP contribution is 2.27. The third-order valence-corrected chi connectivity index (χ3v) is 4.69. The van der Waals surface area contributed by atoms with Crippen LogP contribution in [0.25, 0.3) is 10.8 Å². The molecule has 0 bridgehead atoms. The number of aromatic nitrogens is 2. The molecule has 4 rings (SSSR count). The fourth-order valence-corrected chi connectivity index (χ4v) is 3.17. The molecule has 3 heterocycles. The molecule has 1 aliphatic heterocycles. The molecule has 2 aromatic heterocycles. The van der Waals surface area contributed by atoms with Gasteiger partial charge in [0.1, 0.15) is 5.69 Å². The van der Waals surface area contributed by atoms with Crippen LogP contribution in [0.2, 0.25) is 0 Å². The average Bonchev–Trinajstić information content (AvgIpc) is 3.20. The zero-order valence-electron chi connectivity index (χ0n) is 15.1. The van der Waals surface area contributed by atoms with Crippen LogP contribution in [0, 0.1) is 12.8 Å². The van der Waals surface area contributed by atoms with Crippen molar-refractivity contribution in [1.82, 2.24) is 9.97 Å². The van der Waals surface area contributed by atoms with Gasteiger partial charge in [-0.05, 0) is 54.6 Å². The quantitative estimate of drug-likeness (QED) is 0.750. The second-order valence-electron chi connectivity index (χ2n) is 6.72. The molecule has 0 aliphatic carbocycles. The van der Waals surface area contributed by atoms with Crippen molar-refractivity contribution in [3.63, 3.8) is 0 Å². The summed E-state index contributed by atoms with van der Waals surface area (Å²) in [4.78, 5) is 21.0. The maximum absolute atomic E-state index is 12.5. The molecular formula is C21H21N3O3. The molecule has 1 aromatic carbocycles. The van der Waals surface area contributed by atoms with E-state index in [9.17, 15) is 4.79 Å². The van der Waals surface area contributed by atoms with Crippen molar-refractivity contribution in [2.45, 2.75) is 13.3 Å². The van der Waals surface area contributed by atoms with Gasteiger partial charge in [-0.1, -0.05) is 6.07 Å². The third kappa shape index (κ3) is 3.90. The highest BCUT2D eigenvalue weighted by molar-refractivity contribution is 6.05. The van der Waals surface area contributed by atoms with E-state index in [0.717, 1.165) is 36.0 Å². The number of nitrogens with one attached hydrogen (secondary N) is 1. The molecule has 138 valence electrons. The molecule has 1 saturated heterocycles. The van der Waals surface area contributed by atoms with E-state index in [1.165, 1.54) is 0 Å². The van der Waals surface area contributed by atoms with Crippen LogP contribution in [-0.4, -0.2) is 35.7 Å². The van der Waals surface area contributed by atoms with Crippen LogP contribution in [0.15, 0.2) is 48.8 Å². The van der Waals surface area contributed by atoms with Crippen molar-refractivity contribution in [2.24, 2.45) is 5.92 Å². The summed E-state index contributed by atoms with van der Waals surface area (Å²) >= 11 is 0. The van der Waals surface area contributed by atoms with Crippen LogP contribution in [-0.2, 0) is 4.74 Å². The number of rotatable bonds is 5.